The lowest BCUT2D eigenvalue weighted by molar-refractivity contribution is 0.249. The van der Waals surface area contributed by atoms with Crippen LogP contribution < -0.4 is 15.0 Å². The van der Waals surface area contributed by atoms with Crippen LogP contribution in [0.25, 0.3) is 11.4 Å². The number of para-hydroxylation sites is 1. The summed E-state index contributed by atoms with van der Waals surface area (Å²) in [5.41, 5.74) is 2.41. The van der Waals surface area contributed by atoms with E-state index in [1.807, 2.05) is 60.8 Å². The Labute approximate surface area is 139 Å². The Morgan fingerprint density at radius 2 is 2.00 bits per heavy atom. The van der Waals surface area contributed by atoms with E-state index in [9.17, 15) is 4.79 Å². The van der Waals surface area contributed by atoms with E-state index < -0.39 is 0 Å². The molecule has 3 heterocycles. The van der Waals surface area contributed by atoms with Crippen molar-refractivity contribution in [1.82, 2.24) is 9.97 Å². The van der Waals surface area contributed by atoms with Crippen LogP contribution in [0.15, 0.2) is 60.8 Å². The van der Waals surface area contributed by atoms with Crippen LogP contribution in [0, 0.1) is 0 Å². The number of aromatic nitrogens is 2. The molecule has 1 aromatic carbocycles. The number of fused-ring (bicyclic) bond motifs is 1. The smallest absolute Gasteiger partial charge is 0.327 e. The van der Waals surface area contributed by atoms with E-state index in [1.54, 1.807) is 4.90 Å². The minimum atomic E-state index is -0.220. The van der Waals surface area contributed by atoms with Gasteiger partial charge in [-0.2, -0.15) is 0 Å². The molecule has 0 unspecified atom stereocenters. The molecule has 2 N–H and O–H groups in total. The van der Waals surface area contributed by atoms with Gasteiger partial charge in [-0.15, -0.1) is 0 Å². The van der Waals surface area contributed by atoms with Gasteiger partial charge in [0.15, 0.2) is 11.6 Å². The van der Waals surface area contributed by atoms with Gasteiger partial charge in [-0.05, 0) is 36.4 Å². The highest BCUT2D eigenvalue weighted by atomic mass is 16.5. The van der Waals surface area contributed by atoms with Gasteiger partial charge < -0.3 is 15.0 Å². The molecule has 0 saturated carbocycles. The van der Waals surface area contributed by atoms with Gasteiger partial charge in [0, 0.05) is 11.9 Å². The summed E-state index contributed by atoms with van der Waals surface area (Å²) in [5, 5.41) is 2.89. The Bertz CT molecular complexity index is 847. The Morgan fingerprint density at radius 1 is 1.12 bits per heavy atom. The minimum Gasteiger partial charge on any atom is -0.488 e. The monoisotopic (exact) mass is 320 g/mol. The van der Waals surface area contributed by atoms with Crippen LogP contribution in [0.3, 0.4) is 0 Å². The number of carbonyl (C=O) groups is 1. The molecule has 0 saturated heterocycles. The summed E-state index contributed by atoms with van der Waals surface area (Å²) in [7, 11) is 0. The average molecular weight is 320 g/mol. The molecule has 2 amide bonds. The number of carbonyl (C=O) groups excluding carboxylic acids is 1. The summed E-state index contributed by atoms with van der Waals surface area (Å²) < 4.78 is 5.63. The maximum absolute atomic E-state index is 12.6. The Hall–Kier alpha value is -3.28. The molecule has 4 rings (SSSR count). The first-order chi connectivity index (χ1) is 11.8. The van der Waals surface area contributed by atoms with Crippen molar-refractivity contribution in [3.05, 3.63) is 60.8 Å². The number of ether oxygens (including phenoxy) is 1. The van der Waals surface area contributed by atoms with E-state index in [0.29, 0.717) is 24.7 Å². The number of hydrogen-bond acceptors (Lipinski definition) is 3. The zero-order chi connectivity index (χ0) is 16.4. The van der Waals surface area contributed by atoms with Gasteiger partial charge >= 0.3 is 6.03 Å². The Balaban J connectivity index is 1.64. The lowest BCUT2D eigenvalue weighted by Crippen LogP contribution is -2.41. The van der Waals surface area contributed by atoms with E-state index in [1.165, 1.54) is 0 Å². The van der Waals surface area contributed by atoms with Crippen molar-refractivity contribution >= 4 is 17.5 Å². The number of nitrogens with zero attached hydrogens (tertiary/aromatic N) is 2. The first kappa shape index (κ1) is 14.3. The minimum absolute atomic E-state index is 0.220. The summed E-state index contributed by atoms with van der Waals surface area (Å²) in [6.45, 7) is 0.894. The van der Waals surface area contributed by atoms with Crippen molar-refractivity contribution in [3.8, 4) is 17.1 Å². The number of amides is 2. The number of urea groups is 1. The summed E-state index contributed by atoms with van der Waals surface area (Å²) in [4.78, 5) is 22.0. The SMILES string of the molecule is O=C(Nc1ccccc1)N1CCOc2ccc(-c3ccc[nH]3)nc21. The molecular formula is C18H16N4O2. The number of H-pyrrole nitrogens is 1. The van der Waals surface area contributed by atoms with Gasteiger partial charge in [-0.3, -0.25) is 4.90 Å². The molecule has 1 aliphatic rings. The number of pyridine rings is 1. The van der Waals surface area contributed by atoms with Crippen LogP contribution in [0.5, 0.6) is 5.75 Å². The normalized spacial score (nSPS) is 13.1. The molecule has 2 aromatic heterocycles. The lowest BCUT2D eigenvalue weighted by Gasteiger charge is -2.28. The van der Waals surface area contributed by atoms with Crippen LogP contribution >= 0.6 is 0 Å². The van der Waals surface area contributed by atoms with E-state index >= 15 is 0 Å². The summed E-state index contributed by atoms with van der Waals surface area (Å²) in [5.74, 6) is 1.14. The van der Waals surface area contributed by atoms with Gasteiger partial charge in [-0.1, -0.05) is 18.2 Å². The van der Waals surface area contributed by atoms with Crippen LogP contribution in [0.2, 0.25) is 0 Å². The van der Waals surface area contributed by atoms with Crippen molar-refractivity contribution in [2.24, 2.45) is 0 Å². The molecule has 24 heavy (non-hydrogen) atoms. The fourth-order valence-corrected chi connectivity index (χ4v) is 2.64. The molecular weight excluding hydrogens is 304 g/mol. The topological polar surface area (TPSA) is 70.2 Å². The van der Waals surface area contributed by atoms with Crippen molar-refractivity contribution in [2.75, 3.05) is 23.4 Å². The van der Waals surface area contributed by atoms with Crippen molar-refractivity contribution in [3.63, 3.8) is 0 Å². The molecule has 6 nitrogen and oxygen atoms in total. The second kappa shape index (κ2) is 6.08. The third-order valence-corrected chi connectivity index (χ3v) is 3.81. The highest BCUT2D eigenvalue weighted by molar-refractivity contribution is 6.02. The number of anilines is 2. The van der Waals surface area contributed by atoms with Crippen LogP contribution in [0.1, 0.15) is 0 Å². The molecule has 3 aromatic rings. The highest BCUT2D eigenvalue weighted by Gasteiger charge is 2.26. The third-order valence-electron chi connectivity index (χ3n) is 3.81. The molecule has 6 heteroatoms. The van der Waals surface area contributed by atoms with Crippen molar-refractivity contribution < 1.29 is 9.53 Å². The molecule has 120 valence electrons. The van der Waals surface area contributed by atoms with E-state index in [-0.39, 0.29) is 6.03 Å². The molecule has 1 aliphatic heterocycles. The van der Waals surface area contributed by atoms with Crippen LogP contribution in [0.4, 0.5) is 16.3 Å². The summed E-state index contributed by atoms with van der Waals surface area (Å²) >= 11 is 0. The van der Waals surface area contributed by atoms with Gasteiger partial charge in [0.2, 0.25) is 0 Å². The zero-order valence-electron chi connectivity index (χ0n) is 12.9. The number of hydrogen-bond donors (Lipinski definition) is 2. The molecule has 0 spiro atoms. The van der Waals surface area contributed by atoms with E-state index in [0.717, 1.165) is 17.1 Å². The fourth-order valence-electron chi connectivity index (χ4n) is 2.64. The van der Waals surface area contributed by atoms with Gasteiger partial charge in [0.05, 0.1) is 17.9 Å². The quantitative estimate of drug-likeness (QED) is 0.759. The first-order valence-electron chi connectivity index (χ1n) is 7.72. The predicted octanol–water partition coefficient (Wildman–Crippen LogP) is 3.51. The Morgan fingerprint density at radius 3 is 2.79 bits per heavy atom. The van der Waals surface area contributed by atoms with Crippen LogP contribution in [-0.2, 0) is 0 Å². The molecule has 0 fully saturated rings. The van der Waals surface area contributed by atoms with Crippen molar-refractivity contribution in [2.45, 2.75) is 0 Å². The van der Waals surface area contributed by atoms with E-state index in [2.05, 4.69) is 15.3 Å². The van der Waals surface area contributed by atoms with E-state index in [4.69, 9.17) is 4.74 Å². The number of nitrogens with one attached hydrogen (secondary N) is 2. The molecule has 0 radical (unpaired) electrons. The van der Waals surface area contributed by atoms with Gasteiger partial charge in [0.1, 0.15) is 6.61 Å². The average Bonchev–Trinajstić information content (AvgIpc) is 3.16. The number of benzene rings is 1. The highest BCUT2D eigenvalue weighted by Crippen LogP contribution is 2.32. The standard InChI is InChI=1S/C18H16N4O2/c23-18(20-13-5-2-1-3-6-13)22-11-12-24-16-9-8-15(21-17(16)22)14-7-4-10-19-14/h1-10,19H,11-12H2,(H,20,23). The summed E-state index contributed by atoms with van der Waals surface area (Å²) in [6, 6.07) is 16.7. The second-order valence-corrected chi connectivity index (χ2v) is 5.40. The van der Waals surface area contributed by atoms with Gasteiger partial charge in [-0.25, -0.2) is 9.78 Å². The van der Waals surface area contributed by atoms with Gasteiger partial charge in [0.25, 0.3) is 0 Å². The molecule has 0 atom stereocenters. The van der Waals surface area contributed by atoms with Crippen LogP contribution in [-0.4, -0.2) is 29.2 Å². The summed E-state index contributed by atoms with van der Waals surface area (Å²) in [6.07, 6.45) is 1.84. The predicted molar refractivity (Wildman–Crippen MR) is 92.3 cm³/mol. The lowest BCUT2D eigenvalue weighted by atomic mass is 10.2. The number of aromatic amines is 1. The third kappa shape index (κ3) is 2.69. The Kier molecular flexibility index (Phi) is 3.63. The molecule has 0 bridgehead atoms. The maximum Gasteiger partial charge on any atom is 0.327 e. The van der Waals surface area contributed by atoms with Crippen molar-refractivity contribution in [1.29, 1.82) is 0 Å². The largest absolute Gasteiger partial charge is 0.488 e. The second-order valence-electron chi connectivity index (χ2n) is 5.40. The molecule has 0 aliphatic carbocycles. The number of rotatable bonds is 2. The zero-order valence-corrected chi connectivity index (χ0v) is 12.9. The fraction of sp³-hybridized carbons (Fsp3) is 0.111. The first-order valence-corrected chi connectivity index (χ1v) is 7.72. The maximum atomic E-state index is 12.6.